The summed E-state index contributed by atoms with van der Waals surface area (Å²) in [6.45, 7) is 4.88. The van der Waals surface area contributed by atoms with Gasteiger partial charge < -0.3 is 18.9 Å². The van der Waals surface area contributed by atoms with E-state index >= 15 is 0 Å². The van der Waals surface area contributed by atoms with Crippen LogP contribution in [0, 0.1) is 0 Å². The lowest BCUT2D eigenvalue weighted by molar-refractivity contribution is -0.139. The number of rotatable bonds is 12. The second kappa shape index (κ2) is 17.7. The van der Waals surface area contributed by atoms with Gasteiger partial charge in [0.2, 0.25) is 25.4 Å². The number of esters is 4. The molecule has 0 aliphatic carbocycles. The van der Waals surface area contributed by atoms with Crippen molar-refractivity contribution < 1.29 is 38.1 Å². The molecule has 0 bridgehead atoms. The van der Waals surface area contributed by atoms with Crippen molar-refractivity contribution in [1.29, 1.82) is 0 Å². The molecule has 0 unspecified atom stereocenters. The molecule has 0 radical (unpaired) electrons. The van der Waals surface area contributed by atoms with Crippen LogP contribution in [-0.4, -0.2) is 55.4 Å². The lowest BCUT2D eigenvalue weighted by Crippen LogP contribution is -2.74. The average Bonchev–Trinajstić information content (AvgIpc) is 3.07. The summed E-state index contributed by atoms with van der Waals surface area (Å²) in [4.78, 5) is 43.9. The Morgan fingerprint density at radius 1 is 0.413 bits per heavy atom. The molecule has 0 aliphatic rings. The molecule has 8 nitrogen and oxygen atoms in total. The molecule has 0 heterocycles. The molecular weight excluding hydrogens is 602 g/mol. The summed E-state index contributed by atoms with van der Waals surface area (Å²) in [5.41, 5.74) is 5.36. The van der Waals surface area contributed by atoms with Crippen LogP contribution < -0.4 is 21.9 Å². The van der Waals surface area contributed by atoms with E-state index in [-0.39, 0.29) is 25.4 Å². The number of carbonyl (C=O) groups is 4. The van der Waals surface area contributed by atoms with Gasteiger partial charge in [0.05, 0.1) is 0 Å². The molecule has 0 atom stereocenters. The fourth-order valence-electron chi connectivity index (χ4n) is 5.26. The summed E-state index contributed by atoms with van der Waals surface area (Å²) >= 11 is 0. The minimum Gasteiger partial charge on any atom is -0.430 e. The molecule has 4 aromatic carbocycles. The van der Waals surface area contributed by atoms with E-state index in [4.69, 9.17) is 18.9 Å². The van der Waals surface area contributed by atoms with Gasteiger partial charge in [0.25, 0.3) is 0 Å². The third-order valence-corrected chi connectivity index (χ3v) is 10.1. The van der Waals surface area contributed by atoms with Crippen LogP contribution in [0.25, 0.3) is 0 Å². The first-order valence-electron chi connectivity index (χ1n) is 14.9. The van der Waals surface area contributed by atoms with Crippen molar-refractivity contribution in [3.8, 4) is 0 Å². The summed E-state index contributed by atoms with van der Waals surface area (Å²) in [6.07, 6.45) is -1.68. The van der Waals surface area contributed by atoms with Gasteiger partial charge >= 0.3 is 23.9 Å². The first-order chi connectivity index (χ1) is 22.1. The normalized spacial score (nSPS) is 10.9. The van der Waals surface area contributed by atoms with Crippen LogP contribution in [0.15, 0.2) is 121 Å². The predicted molar refractivity (Wildman–Crippen MR) is 184 cm³/mol. The standard InChI is InChI=1S/C24H20B.C12H20O8P/c1-5-13-21(14-6-1)25(22-15-7-2-8-16-22,23-17-9-3-10-18-23)24-19-11-4-12-20-24;1-9(13)17-5-21(6-18-10(2)14,7-19-11(3)15)8-20-12(4)16/h1-20H;5-8H2,1-4H3/q-1;+1. The Morgan fingerprint density at radius 3 is 0.783 bits per heavy atom. The van der Waals surface area contributed by atoms with Gasteiger partial charge in [-0.05, 0) is 0 Å². The number of hydrogen-bond acceptors (Lipinski definition) is 8. The first kappa shape index (κ1) is 35.7. The van der Waals surface area contributed by atoms with Crippen molar-refractivity contribution in [3.05, 3.63) is 121 Å². The molecule has 0 fully saturated rings. The highest BCUT2D eigenvalue weighted by molar-refractivity contribution is 7.75. The smallest absolute Gasteiger partial charge is 0.305 e. The summed E-state index contributed by atoms with van der Waals surface area (Å²) < 4.78 is 19.8. The van der Waals surface area contributed by atoms with Crippen LogP contribution in [0.5, 0.6) is 0 Å². The number of hydrogen-bond donors (Lipinski definition) is 0. The van der Waals surface area contributed by atoms with Crippen LogP contribution in [0.3, 0.4) is 0 Å². The van der Waals surface area contributed by atoms with Crippen LogP contribution in [0.4, 0.5) is 0 Å². The summed E-state index contributed by atoms with van der Waals surface area (Å²) in [5.74, 6) is -2.14. The van der Waals surface area contributed by atoms with Gasteiger partial charge in [0.1, 0.15) is 6.15 Å². The van der Waals surface area contributed by atoms with Crippen LogP contribution in [0.2, 0.25) is 0 Å². The van der Waals surface area contributed by atoms with Crippen LogP contribution in [0.1, 0.15) is 27.7 Å². The van der Waals surface area contributed by atoms with E-state index in [9.17, 15) is 19.2 Å². The number of carbonyl (C=O) groups excluding carboxylic acids is 4. The maximum absolute atomic E-state index is 11.0. The van der Waals surface area contributed by atoms with Gasteiger partial charge in [-0.3, -0.25) is 19.2 Å². The quantitative estimate of drug-likeness (QED) is 0.0983. The van der Waals surface area contributed by atoms with E-state index in [0.717, 1.165) is 0 Å². The largest absolute Gasteiger partial charge is 0.430 e. The Morgan fingerprint density at radius 2 is 0.609 bits per heavy atom. The van der Waals surface area contributed by atoms with Crippen molar-refractivity contribution in [2.75, 3.05) is 25.4 Å². The van der Waals surface area contributed by atoms with E-state index in [2.05, 4.69) is 121 Å². The van der Waals surface area contributed by atoms with Gasteiger partial charge in [-0.2, -0.15) is 21.9 Å². The Kier molecular flexibility index (Phi) is 13.7. The second-order valence-corrected chi connectivity index (χ2v) is 14.6. The molecule has 46 heavy (non-hydrogen) atoms. The molecule has 0 aromatic heterocycles. The highest BCUT2D eigenvalue weighted by Crippen LogP contribution is 2.58. The summed E-state index contributed by atoms with van der Waals surface area (Å²) in [6, 6.07) is 43.5. The Labute approximate surface area is 271 Å². The predicted octanol–water partition coefficient (Wildman–Crippen LogP) is 4.15. The monoisotopic (exact) mass is 642 g/mol. The molecular formula is C36H40BO8P. The zero-order valence-corrected chi connectivity index (χ0v) is 27.6. The van der Waals surface area contributed by atoms with Crippen molar-refractivity contribution in [2.24, 2.45) is 0 Å². The zero-order valence-electron chi connectivity index (χ0n) is 26.7. The van der Waals surface area contributed by atoms with Gasteiger partial charge in [0.15, 0.2) is 7.26 Å². The molecule has 0 N–H and O–H groups in total. The second-order valence-electron chi connectivity index (χ2n) is 10.9. The van der Waals surface area contributed by atoms with Gasteiger partial charge in [0, 0.05) is 27.7 Å². The third kappa shape index (κ3) is 10.1. The number of ether oxygens (including phenoxy) is 4. The first-order valence-corrected chi connectivity index (χ1v) is 17.4. The van der Waals surface area contributed by atoms with Gasteiger partial charge in [-0.25, -0.2) is 0 Å². The van der Waals surface area contributed by atoms with Gasteiger partial charge in [-0.15, -0.1) is 0 Å². The fourth-order valence-corrected chi connectivity index (χ4v) is 7.53. The fraction of sp³-hybridized carbons (Fsp3) is 0.222. The highest BCUT2D eigenvalue weighted by atomic mass is 31.2. The van der Waals surface area contributed by atoms with E-state index < -0.39 is 37.3 Å². The van der Waals surface area contributed by atoms with E-state index in [0.29, 0.717) is 0 Å². The topological polar surface area (TPSA) is 105 Å². The molecule has 0 saturated carbocycles. The average molecular weight is 642 g/mol. The van der Waals surface area contributed by atoms with Crippen LogP contribution in [-0.2, 0) is 38.1 Å². The van der Waals surface area contributed by atoms with E-state index in [1.54, 1.807) is 0 Å². The van der Waals surface area contributed by atoms with Crippen molar-refractivity contribution in [3.63, 3.8) is 0 Å². The number of benzene rings is 4. The van der Waals surface area contributed by atoms with Crippen LogP contribution >= 0.6 is 7.26 Å². The van der Waals surface area contributed by atoms with Crippen molar-refractivity contribution >= 4 is 59.1 Å². The lowest BCUT2D eigenvalue weighted by Gasteiger charge is -2.44. The molecule has 4 aromatic rings. The minimum atomic E-state index is -2.48. The summed E-state index contributed by atoms with van der Waals surface area (Å²) in [5, 5.41) is 0. The molecule has 0 spiro atoms. The molecule has 240 valence electrons. The highest BCUT2D eigenvalue weighted by Gasteiger charge is 2.44. The molecule has 0 amide bonds. The maximum Gasteiger partial charge on any atom is 0.305 e. The van der Waals surface area contributed by atoms with E-state index in [1.807, 2.05) is 0 Å². The molecule has 0 saturated heterocycles. The maximum atomic E-state index is 11.0. The molecule has 4 rings (SSSR count). The third-order valence-electron chi connectivity index (χ3n) is 7.36. The lowest BCUT2D eigenvalue weighted by atomic mass is 9.13. The zero-order chi connectivity index (χ0) is 33.4. The minimum absolute atomic E-state index is 0.115. The van der Waals surface area contributed by atoms with Crippen molar-refractivity contribution in [2.45, 2.75) is 27.7 Å². The molecule has 10 heteroatoms. The molecule has 0 aliphatic heterocycles. The SMILES string of the molecule is CC(=O)OC[P+](COC(C)=O)(COC(C)=O)COC(C)=O.c1ccc([B-](c2ccccc2)(c2ccccc2)c2ccccc2)cc1. The van der Waals surface area contributed by atoms with E-state index in [1.165, 1.54) is 49.5 Å². The Hall–Kier alpha value is -4.75. The summed E-state index contributed by atoms with van der Waals surface area (Å²) in [7, 11) is -2.48. The Bertz CT molecular complexity index is 1310. The van der Waals surface area contributed by atoms with Gasteiger partial charge in [-0.1, -0.05) is 121 Å². The Balaban J connectivity index is 0.000000256. The van der Waals surface area contributed by atoms with Crippen molar-refractivity contribution in [1.82, 2.24) is 0 Å².